The first-order chi connectivity index (χ1) is 5.97. The van der Waals surface area contributed by atoms with Gasteiger partial charge in [-0.05, 0) is 38.5 Å². The molecule has 0 atom stereocenters. The highest BCUT2D eigenvalue weighted by Crippen LogP contribution is 2.10. The SMILES string of the molecule is CC(C)(C)NCc1ccc(Cl)cc1. The Morgan fingerprint density at radius 3 is 2.15 bits per heavy atom. The quantitative estimate of drug-likeness (QED) is 0.768. The second-order valence-corrected chi connectivity index (χ2v) is 4.67. The average molecular weight is 198 g/mol. The summed E-state index contributed by atoms with van der Waals surface area (Å²) in [6.45, 7) is 7.36. The van der Waals surface area contributed by atoms with Gasteiger partial charge in [-0.3, -0.25) is 0 Å². The first-order valence-corrected chi connectivity index (χ1v) is 4.85. The van der Waals surface area contributed by atoms with E-state index in [4.69, 9.17) is 11.6 Å². The lowest BCUT2D eigenvalue weighted by molar-refractivity contribution is 0.424. The molecule has 0 aromatic heterocycles. The molecule has 0 aliphatic heterocycles. The van der Waals surface area contributed by atoms with Gasteiger partial charge in [-0.2, -0.15) is 0 Å². The lowest BCUT2D eigenvalue weighted by atomic mass is 10.1. The Kier molecular flexibility index (Phi) is 3.34. The van der Waals surface area contributed by atoms with Crippen molar-refractivity contribution in [1.29, 1.82) is 0 Å². The summed E-state index contributed by atoms with van der Waals surface area (Å²) in [4.78, 5) is 0. The van der Waals surface area contributed by atoms with Gasteiger partial charge in [0.1, 0.15) is 0 Å². The molecule has 1 N–H and O–H groups in total. The molecule has 0 unspecified atom stereocenters. The summed E-state index contributed by atoms with van der Waals surface area (Å²) < 4.78 is 0. The normalized spacial score (nSPS) is 11.7. The monoisotopic (exact) mass is 197 g/mol. The van der Waals surface area contributed by atoms with E-state index in [2.05, 4.69) is 26.1 Å². The molecule has 0 radical (unpaired) electrons. The fraction of sp³-hybridized carbons (Fsp3) is 0.455. The Balaban J connectivity index is 2.51. The van der Waals surface area contributed by atoms with Crippen LogP contribution < -0.4 is 5.32 Å². The van der Waals surface area contributed by atoms with E-state index in [-0.39, 0.29) is 5.54 Å². The summed E-state index contributed by atoms with van der Waals surface area (Å²) >= 11 is 5.78. The number of hydrogen-bond donors (Lipinski definition) is 1. The molecular formula is C11H16ClN. The van der Waals surface area contributed by atoms with Crippen molar-refractivity contribution in [2.24, 2.45) is 0 Å². The highest BCUT2D eigenvalue weighted by Gasteiger charge is 2.07. The largest absolute Gasteiger partial charge is 0.308 e. The van der Waals surface area contributed by atoms with Crippen LogP contribution in [0.15, 0.2) is 24.3 Å². The van der Waals surface area contributed by atoms with Gasteiger partial charge in [0.05, 0.1) is 0 Å². The van der Waals surface area contributed by atoms with Crippen LogP contribution in [0.5, 0.6) is 0 Å². The summed E-state index contributed by atoms with van der Waals surface area (Å²) in [6.07, 6.45) is 0. The van der Waals surface area contributed by atoms with Crippen LogP contribution in [0.2, 0.25) is 5.02 Å². The topological polar surface area (TPSA) is 12.0 Å². The van der Waals surface area contributed by atoms with Crippen LogP contribution in [0.3, 0.4) is 0 Å². The number of benzene rings is 1. The van der Waals surface area contributed by atoms with E-state index in [0.29, 0.717) is 0 Å². The van der Waals surface area contributed by atoms with Crippen molar-refractivity contribution in [3.8, 4) is 0 Å². The third-order valence-electron chi connectivity index (χ3n) is 1.74. The Morgan fingerprint density at radius 2 is 1.69 bits per heavy atom. The minimum atomic E-state index is 0.166. The molecule has 1 nitrogen and oxygen atoms in total. The highest BCUT2D eigenvalue weighted by molar-refractivity contribution is 6.30. The van der Waals surface area contributed by atoms with E-state index >= 15 is 0 Å². The van der Waals surface area contributed by atoms with Gasteiger partial charge in [0, 0.05) is 17.1 Å². The van der Waals surface area contributed by atoms with Gasteiger partial charge in [0.2, 0.25) is 0 Å². The number of halogens is 1. The molecule has 0 bridgehead atoms. The molecule has 1 rings (SSSR count). The third-order valence-corrected chi connectivity index (χ3v) is 1.99. The molecule has 0 heterocycles. The van der Waals surface area contributed by atoms with Crippen molar-refractivity contribution >= 4 is 11.6 Å². The van der Waals surface area contributed by atoms with Crippen LogP contribution in [-0.2, 0) is 6.54 Å². The summed E-state index contributed by atoms with van der Waals surface area (Å²) in [5, 5.41) is 4.21. The Hall–Kier alpha value is -0.530. The third kappa shape index (κ3) is 4.30. The molecule has 72 valence electrons. The van der Waals surface area contributed by atoms with Gasteiger partial charge >= 0.3 is 0 Å². The average Bonchev–Trinajstić information content (AvgIpc) is 2.02. The van der Waals surface area contributed by atoms with Crippen molar-refractivity contribution in [2.45, 2.75) is 32.9 Å². The summed E-state index contributed by atoms with van der Waals surface area (Å²) in [5.41, 5.74) is 1.43. The van der Waals surface area contributed by atoms with Crippen molar-refractivity contribution < 1.29 is 0 Å². The van der Waals surface area contributed by atoms with Crippen LogP contribution in [-0.4, -0.2) is 5.54 Å². The van der Waals surface area contributed by atoms with Gasteiger partial charge < -0.3 is 5.32 Å². The fourth-order valence-electron chi connectivity index (χ4n) is 0.969. The number of nitrogens with one attached hydrogen (secondary N) is 1. The van der Waals surface area contributed by atoms with Crippen LogP contribution in [0.4, 0.5) is 0 Å². The Morgan fingerprint density at radius 1 is 1.15 bits per heavy atom. The van der Waals surface area contributed by atoms with Crippen molar-refractivity contribution in [2.75, 3.05) is 0 Å². The molecular weight excluding hydrogens is 182 g/mol. The van der Waals surface area contributed by atoms with Gasteiger partial charge in [-0.1, -0.05) is 23.7 Å². The van der Waals surface area contributed by atoms with E-state index < -0.39 is 0 Å². The van der Waals surface area contributed by atoms with Gasteiger partial charge in [0.15, 0.2) is 0 Å². The van der Waals surface area contributed by atoms with E-state index in [1.54, 1.807) is 0 Å². The molecule has 0 saturated carbocycles. The molecule has 0 aliphatic rings. The van der Waals surface area contributed by atoms with E-state index in [9.17, 15) is 0 Å². The van der Waals surface area contributed by atoms with Crippen molar-refractivity contribution in [3.63, 3.8) is 0 Å². The lowest BCUT2D eigenvalue weighted by Crippen LogP contribution is -2.34. The van der Waals surface area contributed by atoms with Gasteiger partial charge in [-0.15, -0.1) is 0 Å². The predicted molar refractivity (Wildman–Crippen MR) is 58.0 cm³/mol. The van der Waals surface area contributed by atoms with Gasteiger partial charge in [0.25, 0.3) is 0 Å². The summed E-state index contributed by atoms with van der Waals surface area (Å²) in [7, 11) is 0. The van der Waals surface area contributed by atoms with Crippen LogP contribution in [0.1, 0.15) is 26.3 Å². The smallest absolute Gasteiger partial charge is 0.0406 e. The maximum Gasteiger partial charge on any atom is 0.0406 e. The second kappa shape index (κ2) is 4.12. The van der Waals surface area contributed by atoms with E-state index in [1.807, 2.05) is 24.3 Å². The number of rotatable bonds is 2. The summed E-state index contributed by atoms with van der Waals surface area (Å²) in [5.74, 6) is 0. The molecule has 1 aromatic rings. The van der Waals surface area contributed by atoms with Gasteiger partial charge in [-0.25, -0.2) is 0 Å². The summed E-state index contributed by atoms with van der Waals surface area (Å²) in [6, 6.07) is 7.92. The van der Waals surface area contributed by atoms with Crippen molar-refractivity contribution in [3.05, 3.63) is 34.9 Å². The second-order valence-electron chi connectivity index (χ2n) is 4.23. The molecule has 0 fully saturated rings. The zero-order valence-electron chi connectivity index (χ0n) is 8.39. The minimum Gasteiger partial charge on any atom is -0.308 e. The first kappa shape index (κ1) is 10.6. The zero-order chi connectivity index (χ0) is 9.90. The maximum atomic E-state index is 5.78. The molecule has 0 aliphatic carbocycles. The van der Waals surface area contributed by atoms with Crippen LogP contribution in [0.25, 0.3) is 0 Å². The Bertz CT molecular complexity index is 258. The molecule has 2 heteroatoms. The zero-order valence-corrected chi connectivity index (χ0v) is 9.15. The molecule has 13 heavy (non-hydrogen) atoms. The fourth-order valence-corrected chi connectivity index (χ4v) is 1.10. The predicted octanol–water partition coefficient (Wildman–Crippen LogP) is 3.23. The first-order valence-electron chi connectivity index (χ1n) is 4.47. The van der Waals surface area contributed by atoms with Crippen LogP contribution in [0, 0.1) is 0 Å². The molecule has 1 aromatic carbocycles. The maximum absolute atomic E-state index is 5.78. The molecule has 0 amide bonds. The number of hydrogen-bond acceptors (Lipinski definition) is 1. The standard InChI is InChI=1S/C11H16ClN/c1-11(2,3)13-8-9-4-6-10(12)7-5-9/h4-7,13H,8H2,1-3H3. The Labute approximate surface area is 85.1 Å². The van der Waals surface area contributed by atoms with Crippen molar-refractivity contribution in [1.82, 2.24) is 5.32 Å². The van der Waals surface area contributed by atoms with Crippen LogP contribution >= 0.6 is 11.6 Å². The molecule has 0 saturated heterocycles. The molecule has 0 spiro atoms. The van der Waals surface area contributed by atoms with E-state index in [0.717, 1.165) is 11.6 Å². The lowest BCUT2D eigenvalue weighted by Gasteiger charge is -2.20. The van der Waals surface area contributed by atoms with E-state index in [1.165, 1.54) is 5.56 Å². The minimum absolute atomic E-state index is 0.166. The highest BCUT2D eigenvalue weighted by atomic mass is 35.5.